The van der Waals surface area contributed by atoms with Crippen LogP contribution in [-0.4, -0.2) is 50.0 Å². The fourth-order valence-electron chi connectivity index (χ4n) is 4.32. The van der Waals surface area contributed by atoms with E-state index in [4.69, 9.17) is 5.73 Å². The van der Waals surface area contributed by atoms with Gasteiger partial charge in [0.1, 0.15) is 5.75 Å². The van der Waals surface area contributed by atoms with Crippen LogP contribution in [0.4, 0.5) is 13.2 Å². The van der Waals surface area contributed by atoms with Crippen LogP contribution in [-0.2, 0) is 26.7 Å². The van der Waals surface area contributed by atoms with Gasteiger partial charge >= 0.3 is 6.36 Å². The molecule has 3 aromatic rings. The molecule has 45 heavy (non-hydrogen) atoms. The van der Waals surface area contributed by atoms with Gasteiger partial charge in [0, 0.05) is 35.3 Å². The zero-order valence-electron chi connectivity index (χ0n) is 25.9. The van der Waals surface area contributed by atoms with Crippen molar-refractivity contribution in [2.75, 3.05) is 7.05 Å². The summed E-state index contributed by atoms with van der Waals surface area (Å²) in [7, 11) is -2.54. The number of amides is 2. The quantitative estimate of drug-likeness (QED) is 0.235. The van der Waals surface area contributed by atoms with Crippen LogP contribution in [0.3, 0.4) is 0 Å². The predicted molar refractivity (Wildman–Crippen MR) is 168 cm³/mol. The van der Waals surface area contributed by atoms with Gasteiger partial charge in [0.05, 0.1) is 10.5 Å². The van der Waals surface area contributed by atoms with Crippen molar-refractivity contribution in [1.82, 2.24) is 9.62 Å². The summed E-state index contributed by atoms with van der Waals surface area (Å²) in [6.07, 6.45) is -4.72. The van der Waals surface area contributed by atoms with Crippen molar-refractivity contribution < 1.29 is 35.9 Å². The average molecular weight is 666 g/mol. The molecule has 13 heteroatoms. The topological polar surface area (TPSA) is 119 Å². The number of hydrogen-bond acceptors (Lipinski definition) is 6. The number of primary amides is 1. The maximum atomic E-state index is 13.8. The van der Waals surface area contributed by atoms with Gasteiger partial charge in [0.25, 0.3) is 5.91 Å². The number of carbonyl (C=O) groups excluding carboxylic acids is 2. The third-order valence-corrected chi connectivity index (χ3v) is 10.1. The smallest absolute Gasteiger partial charge is 0.406 e. The van der Waals surface area contributed by atoms with Crippen molar-refractivity contribution in [3.05, 3.63) is 83.4 Å². The Kier molecular flexibility index (Phi) is 11.4. The molecule has 3 rings (SSSR count). The van der Waals surface area contributed by atoms with E-state index in [2.05, 4.69) is 30.8 Å². The molecule has 3 aromatic carbocycles. The highest BCUT2D eigenvalue weighted by molar-refractivity contribution is 7.99. The second kappa shape index (κ2) is 14.3. The summed E-state index contributed by atoms with van der Waals surface area (Å²) in [5, 5.41) is 2.84. The summed E-state index contributed by atoms with van der Waals surface area (Å²) >= 11 is 1.05. The molecule has 0 bridgehead atoms. The van der Waals surface area contributed by atoms with Gasteiger partial charge in [-0.05, 0) is 79.3 Å². The van der Waals surface area contributed by atoms with Gasteiger partial charge in [-0.3, -0.25) is 9.59 Å². The van der Waals surface area contributed by atoms with Crippen molar-refractivity contribution in [2.24, 2.45) is 5.73 Å². The first kappa shape index (κ1) is 35.9. The van der Waals surface area contributed by atoms with Crippen LogP contribution < -0.4 is 15.8 Å². The molecule has 0 heterocycles. The molecule has 0 saturated heterocycles. The van der Waals surface area contributed by atoms with Gasteiger partial charge in [-0.25, -0.2) is 8.42 Å². The van der Waals surface area contributed by atoms with E-state index in [9.17, 15) is 31.2 Å². The zero-order chi connectivity index (χ0) is 33.7. The summed E-state index contributed by atoms with van der Waals surface area (Å²) in [4.78, 5) is 26.4. The number of nitrogens with two attached hydrogens (primary N) is 1. The SMILES string of the molecule is CC(C)N(C)S(=O)(=O)c1ccc(Sc2ccc(OC(F)(F)F)cc2)c(C(=O)NC(CC(N)=O)Cc2ccc(C(C)(C)C)cc2)c1. The fourth-order valence-corrected chi connectivity index (χ4v) is 6.64. The lowest BCUT2D eigenvalue weighted by atomic mass is 9.86. The molecule has 244 valence electrons. The standard InChI is InChI=1S/C32H38F3N3O5S2/c1-20(2)38(6)45(41,42)26-15-16-28(44-25-13-11-24(12-14-25)43-32(33,34)35)27(19-26)30(40)37-23(18-29(36)39)17-21-7-9-22(10-8-21)31(3,4)5/h7-16,19-20,23H,17-18H2,1-6H3,(H2,36,39)(H,37,40). The molecule has 0 spiro atoms. The number of carbonyl (C=O) groups is 2. The number of alkyl halides is 3. The Morgan fingerprint density at radius 3 is 2.09 bits per heavy atom. The van der Waals surface area contributed by atoms with Crippen LogP contribution in [0.5, 0.6) is 5.75 Å². The van der Waals surface area contributed by atoms with Crippen LogP contribution >= 0.6 is 11.8 Å². The van der Waals surface area contributed by atoms with Crippen LogP contribution in [0.2, 0.25) is 0 Å². The first-order valence-electron chi connectivity index (χ1n) is 14.1. The summed E-state index contributed by atoms with van der Waals surface area (Å²) in [5.41, 5.74) is 7.43. The lowest BCUT2D eigenvalue weighted by molar-refractivity contribution is -0.274. The number of ether oxygens (including phenoxy) is 1. The van der Waals surface area contributed by atoms with Crippen LogP contribution in [0.25, 0.3) is 0 Å². The Hall–Kier alpha value is -3.55. The first-order valence-corrected chi connectivity index (χ1v) is 16.4. The van der Waals surface area contributed by atoms with Crippen molar-refractivity contribution in [3.8, 4) is 5.75 Å². The maximum absolute atomic E-state index is 13.8. The number of sulfonamides is 1. The number of halogens is 3. The van der Waals surface area contributed by atoms with E-state index in [0.717, 1.165) is 35.0 Å². The third kappa shape index (κ3) is 10.2. The molecule has 0 aromatic heterocycles. The average Bonchev–Trinajstić information content (AvgIpc) is 2.92. The van der Waals surface area contributed by atoms with E-state index in [1.54, 1.807) is 13.8 Å². The summed E-state index contributed by atoms with van der Waals surface area (Å²) in [5.74, 6) is -1.68. The molecule has 1 atom stereocenters. The van der Waals surface area contributed by atoms with Gasteiger partial charge < -0.3 is 15.8 Å². The minimum absolute atomic E-state index is 0.00593. The highest BCUT2D eigenvalue weighted by atomic mass is 32.2. The molecule has 0 aliphatic carbocycles. The number of rotatable bonds is 12. The Morgan fingerprint density at radius 1 is 0.978 bits per heavy atom. The Morgan fingerprint density at radius 2 is 1.58 bits per heavy atom. The van der Waals surface area contributed by atoms with E-state index < -0.39 is 40.0 Å². The molecule has 0 fully saturated rings. The fraction of sp³-hybridized carbons (Fsp3) is 0.375. The van der Waals surface area contributed by atoms with Crippen LogP contribution in [0.15, 0.2) is 81.4 Å². The van der Waals surface area contributed by atoms with Crippen molar-refractivity contribution in [3.63, 3.8) is 0 Å². The lowest BCUT2D eigenvalue weighted by Crippen LogP contribution is -2.39. The summed E-state index contributed by atoms with van der Waals surface area (Å²) in [6, 6.07) is 15.9. The zero-order valence-corrected chi connectivity index (χ0v) is 27.6. The maximum Gasteiger partial charge on any atom is 0.573 e. The number of nitrogens with one attached hydrogen (secondary N) is 1. The Bertz CT molecular complexity index is 1600. The summed E-state index contributed by atoms with van der Waals surface area (Å²) in [6.45, 7) is 9.69. The molecule has 8 nitrogen and oxygen atoms in total. The minimum Gasteiger partial charge on any atom is -0.406 e. The number of hydrogen-bond donors (Lipinski definition) is 2. The van der Waals surface area contributed by atoms with Crippen molar-refractivity contribution in [2.45, 2.75) is 86.0 Å². The van der Waals surface area contributed by atoms with Crippen molar-refractivity contribution >= 4 is 33.6 Å². The van der Waals surface area contributed by atoms with Crippen molar-refractivity contribution in [1.29, 1.82) is 0 Å². The van der Waals surface area contributed by atoms with Gasteiger partial charge in [0.15, 0.2) is 0 Å². The first-order chi connectivity index (χ1) is 20.8. The van der Waals surface area contributed by atoms with Gasteiger partial charge in [-0.15, -0.1) is 13.2 Å². The molecule has 0 aliphatic heterocycles. The van der Waals surface area contributed by atoms with E-state index in [-0.39, 0.29) is 34.8 Å². The van der Waals surface area contributed by atoms with E-state index in [0.29, 0.717) is 9.79 Å². The van der Waals surface area contributed by atoms with E-state index >= 15 is 0 Å². The molecule has 1 unspecified atom stereocenters. The van der Waals surface area contributed by atoms with Gasteiger partial charge in [-0.2, -0.15) is 4.31 Å². The molecule has 0 radical (unpaired) electrons. The van der Waals surface area contributed by atoms with Crippen LogP contribution in [0.1, 0.15) is 62.5 Å². The third-order valence-electron chi connectivity index (χ3n) is 6.97. The van der Waals surface area contributed by atoms with Crippen LogP contribution in [0, 0.1) is 0 Å². The van der Waals surface area contributed by atoms with E-state index in [1.807, 2.05) is 24.3 Å². The summed E-state index contributed by atoms with van der Waals surface area (Å²) < 4.78 is 69.5. The molecule has 0 aliphatic rings. The largest absolute Gasteiger partial charge is 0.573 e. The monoisotopic (exact) mass is 665 g/mol. The Balaban J connectivity index is 1.98. The van der Waals surface area contributed by atoms with Gasteiger partial charge in [0.2, 0.25) is 15.9 Å². The Labute approximate surface area is 266 Å². The second-order valence-corrected chi connectivity index (χ2v) is 15.0. The highest BCUT2D eigenvalue weighted by Crippen LogP contribution is 2.34. The molecule has 2 amide bonds. The highest BCUT2D eigenvalue weighted by Gasteiger charge is 2.31. The molecule has 3 N–H and O–H groups in total. The minimum atomic E-state index is -4.85. The van der Waals surface area contributed by atoms with E-state index in [1.165, 1.54) is 41.7 Å². The second-order valence-electron chi connectivity index (χ2n) is 11.9. The molecule has 0 saturated carbocycles. The molecular weight excluding hydrogens is 627 g/mol. The number of benzene rings is 3. The lowest BCUT2D eigenvalue weighted by Gasteiger charge is -2.23. The molecular formula is C32H38F3N3O5S2. The normalized spacial score (nSPS) is 13.1. The number of nitrogens with zero attached hydrogens (tertiary/aromatic N) is 1. The predicted octanol–water partition coefficient (Wildman–Crippen LogP) is 6.28. The van der Waals surface area contributed by atoms with Gasteiger partial charge in [-0.1, -0.05) is 56.8 Å².